The highest BCUT2D eigenvalue weighted by Crippen LogP contribution is 2.37. The maximum Gasteiger partial charge on any atom is 0.175 e. The Hall–Kier alpha value is -2.08. The van der Waals surface area contributed by atoms with Crippen molar-refractivity contribution in [3.05, 3.63) is 92.7 Å². The number of hydrogen-bond acceptors (Lipinski definition) is 3. The molecule has 3 aromatic carbocycles. The minimum Gasteiger partial charge on any atom is -0.490 e. The van der Waals surface area contributed by atoms with Crippen molar-refractivity contribution in [3.8, 4) is 11.5 Å². The van der Waals surface area contributed by atoms with Crippen molar-refractivity contribution in [2.45, 2.75) is 26.5 Å². The molecular weight excluding hydrogens is 469 g/mol. The number of nitrogens with one attached hydrogen (secondary N) is 1. The van der Waals surface area contributed by atoms with Crippen LogP contribution < -0.4 is 14.8 Å². The van der Waals surface area contributed by atoms with Gasteiger partial charge in [-0.05, 0) is 77.3 Å². The van der Waals surface area contributed by atoms with Gasteiger partial charge in [0, 0.05) is 17.1 Å². The molecule has 0 aromatic heterocycles. The van der Waals surface area contributed by atoms with Crippen LogP contribution in [0, 0.1) is 5.82 Å². The predicted molar refractivity (Wildman–Crippen MR) is 123 cm³/mol. The van der Waals surface area contributed by atoms with E-state index in [2.05, 4.69) is 21.2 Å². The molecule has 0 amide bonds. The molecule has 6 heteroatoms. The summed E-state index contributed by atoms with van der Waals surface area (Å²) < 4.78 is 25.7. The standard InChI is InChI=1S/C24H24BrClFNO2/c1-2-29-23-14-18(15-28-12-11-17-7-9-20(27)10-8-17)13-21(25)24(23)30-16-19-5-3-4-6-22(19)26/h3-10,13-14,28H,2,11-12,15-16H2,1H3. The Balaban J connectivity index is 1.61. The smallest absolute Gasteiger partial charge is 0.175 e. The fourth-order valence-corrected chi connectivity index (χ4v) is 3.80. The highest BCUT2D eigenvalue weighted by Gasteiger charge is 2.13. The molecule has 0 spiro atoms. The van der Waals surface area contributed by atoms with E-state index < -0.39 is 0 Å². The summed E-state index contributed by atoms with van der Waals surface area (Å²) in [5.41, 5.74) is 3.10. The van der Waals surface area contributed by atoms with E-state index in [-0.39, 0.29) is 5.82 Å². The molecule has 3 nitrogen and oxygen atoms in total. The summed E-state index contributed by atoms with van der Waals surface area (Å²) in [7, 11) is 0. The molecule has 0 radical (unpaired) electrons. The Bertz CT molecular complexity index is 966. The molecule has 0 saturated heterocycles. The maximum atomic E-state index is 13.0. The van der Waals surface area contributed by atoms with E-state index in [4.69, 9.17) is 21.1 Å². The first-order valence-electron chi connectivity index (χ1n) is 9.83. The van der Waals surface area contributed by atoms with Gasteiger partial charge in [-0.15, -0.1) is 0 Å². The van der Waals surface area contributed by atoms with Crippen LogP contribution in [-0.2, 0) is 19.6 Å². The first-order chi connectivity index (χ1) is 14.6. The Morgan fingerprint density at radius 3 is 2.50 bits per heavy atom. The van der Waals surface area contributed by atoms with E-state index in [9.17, 15) is 4.39 Å². The van der Waals surface area contributed by atoms with Crippen LogP contribution in [0.2, 0.25) is 5.02 Å². The molecule has 158 valence electrons. The van der Waals surface area contributed by atoms with Crippen molar-refractivity contribution in [2.75, 3.05) is 13.2 Å². The maximum absolute atomic E-state index is 13.0. The largest absolute Gasteiger partial charge is 0.490 e. The molecule has 0 bridgehead atoms. The number of ether oxygens (including phenoxy) is 2. The molecular formula is C24H24BrClFNO2. The summed E-state index contributed by atoms with van der Waals surface area (Å²) in [6.45, 7) is 4.31. The minimum atomic E-state index is -0.211. The summed E-state index contributed by atoms with van der Waals surface area (Å²) in [5, 5.41) is 4.09. The second-order valence-corrected chi connectivity index (χ2v) is 8.03. The van der Waals surface area contributed by atoms with Crippen LogP contribution in [0.25, 0.3) is 0 Å². The summed E-state index contributed by atoms with van der Waals surface area (Å²) in [4.78, 5) is 0. The Morgan fingerprint density at radius 1 is 1.00 bits per heavy atom. The molecule has 1 N–H and O–H groups in total. The second kappa shape index (κ2) is 11.3. The Morgan fingerprint density at radius 2 is 1.77 bits per heavy atom. The highest BCUT2D eigenvalue weighted by atomic mass is 79.9. The summed E-state index contributed by atoms with van der Waals surface area (Å²) in [5.74, 6) is 1.14. The van der Waals surface area contributed by atoms with Crippen molar-refractivity contribution < 1.29 is 13.9 Å². The molecule has 30 heavy (non-hydrogen) atoms. The first-order valence-corrected chi connectivity index (χ1v) is 11.0. The fraction of sp³-hybridized carbons (Fsp3) is 0.250. The van der Waals surface area contributed by atoms with Gasteiger partial charge in [-0.2, -0.15) is 0 Å². The Kier molecular flexibility index (Phi) is 8.55. The van der Waals surface area contributed by atoms with E-state index in [0.717, 1.165) is 34.1 Å². The lowest BCUT2D eigenvalue weighted by molar-refractivity contribution is 0.267. The average Bonchev–Trinajstić information content (AvgIpc) is 2.73. The van der Waals surface area contributed by atoms with E-state index in [1.807, 2.05) is 55.5 Å². The third-order valence-corrected chi connectivity index (χ3v) is 5.49. The molecule has 0 heterocycles. The number of rotatable bonds is 10. The van der Waals surface area contributed by atoms with Gasteiger partial charge in [0.1, 0.15) is 12.4 Å². The summed E-state index contributed by atoms with van der Waals surface area (Å²) in [6.07, 6.45) is 0.832. The summed E-state index contributed by atoms with van der Waals surface area (Å²) in [6, 6.07) is 18.2. The van der Waals surface area contributed by atoms with Gasteiger partial charge in [0.2, 0.25) is 0 Å². The van der Waals surface area contributed by atoms with E-state index in [1.165, 1.54) is 12.1 Å². The van der Waals surface area contributed by atoms with Gasteiger partial charge < -0.3 is 14.8 Å². The molecule has 0 atom stereocenters. The topological polar surface area (TPSA) is 30.5 Å². The van der Waals surface area contributed by atoms with Crippen LogP contribution in [0.4, 0.5) is 4.39 Å². The SMILES string of the molecule is CCOc1cc(CNCCc2ccc(F)cc2)cc(Br)c1OCc1ccccc1Cl. The molecule has 0 fully saturated rings. The normalized spacial score (nSPS) is 10.8. The first kappa shape index (κ1) is 22.6. The molecule has 0 aliphatic heterocycles. The number of benzene rings is 3. The van der Waals surface area contributed by atoms with Crippen molar-refractivity contribution in [1.29, 1.82) is 0 Å². The van der Waals surface area contributed by atoms with Crippen LogP contribution >= 0.6 is 27.5 Å². The van der Waals surface area contributed by atoms with Crippen molar-refractivity contribution >= 4 is 27.5 Å². The molecule has 0 unspecified atom stereocenters. The van der Waals surface area contributed by atoms with Crippen LogP contribution in [-0.4, -0.2) is 13.2 Å². The van der Waals surface area contributed by atoms with Crippen LogP contribution in [0.5, 0.6) is 11.5 Å². The fourth-order valence-electron chi connectivity index (χ4n) is 3.01. The highest BCUT2D eigenvalue weighted by molar-refractivity contribution is 9.10. The summed E-state index contributed by atoms with van der Waals surface area (Å²) >= 11 is 9.84. The second-order valence-electron chi connectivity index (χ2n) is 6.77. The van der Waals surface area contributed by atoms with E-state index in [1.54, 1.807) is 0 Å². The van der Waals surface area contributed by atoms with Crippen LogP contribution in [0.15, 0.2) is 65.1 Å². The van der Waals surface area contributed by atoms with Gasteiger partial charge in [-0.1, -0.05) is 41.9 Å². The van der Waals surface area contributed by atoms with Gasteiger partial charge in [0.25, 0.3) is 0 Å². The number of hydrogen-bond donors (Lipinski definition) is 1. The van der Waals surface area contributed by atoms with Gasteiger partial charge >= 0.3 is 0 Å². The third kappa shape index (κ3) is 6.46. The zero-order valence-corrected chi connectivity index (χ0v) is 19.1. The molecule has 0 saturated carbocycles. The predicted octanol–water partition coefficient (Wildman–Crippen LogP) is 6.55. The molecule has 3 rings (SSSR count). The zero-order valence-electron chi connectivity index (χ0n) is 16.8. The lowest BCUT2D eigenvalue weighted by Gasteiger charge is -2.16. The van der Waals surface area contributed by atoms with Crippen LogP contribution in [0.3, 0.4) is 0 Å². The van der Waals surface area contributed by atoms with Gasteiger partial charge in [-0.25, -0.2) is 4.39 Å². The van der Waals surface area contributed by atoms with Crippen molar-refractivity contribution in [3.63, 3.8) is 0 Å². The van der Waals surface area contributed by atoms with E-state index in [0.29, 0.717) is 36.3 Å². The van der Waals surface area contributed by atoms with Crippen LogP contribution in [0.1, 0.15) is 23.6 Å². The quantitative estimate of drug-likeness (QED) is 0.325. The third-order valence-electron chi connectivity index (χ3n) is 4.53. The lowest BCUT2D eigenvalue weighted by atomic mass is 10.1. The molecule has 0 aliphatic carbocycles. The van der Waals surface area contributed by atoms with Gasteiger partial charge in [0.05, 0.1) is 11.1 Å². The van der Waals surface area contributed by atoms with Gasteiger partial charge in [-0.3, -0.25) is 0 Å². The monoisotopic (exact) mass is 491 g/mol. The van der Waals surface area contributed by atoms with Crippen molar-refractivity contribution in [2.24, 2.45) is 0 Å². The average molecular weight is 493 g/mol. The molecule has 3 aromatic rings. The van der Waals surface area contributed by atoms with Crippen molar-refractivity contribution in [1.82, 2.24) is 5.32 Å². The zero-order chi connectivity index (χ0) is 21.3. The van der Waals surface area contributed by atoms with Gasteiger partial charge in [0.15, 0.2) is 11.5 Å². The molecule has 0 aliphatic rings. The lowest BCUT2D eigenvalue weighted by Crippen LogP contribution is -2.17. The van der Waals surface area contributed by atoms with E-state index >= 15 is 0 Å². The minimum absolute atomic E-state index is 0.211. The number of halogens is 3. The Labute approximate surface area is 190 Å².